The van der Waals surface area contributed by atoms with Gasteiger partial charge in [-0.25, -0.2) is 0 Å². The standard InChI is InChI=1S/C30H48O2/c1-19(2)20-10-15-30(18-31)17-16-28(6)21(25(20)30)8-9-23-27(5)13-12-24(32)26(3,4)22(27)11-14-29(23,28)7/h8-9,20-25,31-32H,1,10-18H2,2-7H3. The van der Waals surface area contributed by atoms with Crippen LogP contribution in [-0.2, 0) is 0 Å². The summed E-state index contributed by atoms with van der Waals surface area (Å²) in [5, 5.41) is 21.5. The van der Waals surface area contributed by atoms with Crippen molar-refractivity contribution in [2.24, 2.45) is 56.7 Å². The number of hydrogen-bond donors (Lipinski definition) is 2. The predicted molar refractivity (Wildman–Crippen MR) is 132 cm³/mol. The quantitative estimate of drug-likeness (QED) is 0.465. The molecule has 4 fully saturated rings. The molecule has 0 saturated heterocycles. The van der Waals surface area contributed by atoms with Gasteiger partial charge in [0.15, 0.2) is 0 Å². The van der Waals surface area contributed by atoms with Crippen LogP contribution in [0, 0.1) is 56.7 Å². The molecule has 0 aromatic carbocycles. The average molecular weight is 441 g/mol. The highest BCUT2D eigenvalue weighted by molar-refractivity contribution is 5.28. The summed E-state index contributed by atoms with van der Waals surface area (Å²) < 4.78 is 0. The second kappa shape index (κ2) is 6.97. The first-order valence-corrected chi connectivity index (χ1v) is 13.5. The number of rotatable bonds is 2. The lowest BCUT2D eigenvalue weighted by Gasteiger charge is -2.71. The highest BCUT2D eigenvalue weighted by Gasteiger charge is 2.69. The van der Waals surface area contributed by atoms with Gasteiger partial charge < -0.3 is 10.2 Å². The largest absolute Gasteiger partial charge is 0.396 e. The Morgan fingerprint density at radius 1 is 0.906 bits per heavy atom. The fourth-order valence-electron chi connectivity index (χ4n) is 10.8. The minimum atomic E-state index is -0.171. The Kier molecular flexibility index (Phi) is 5.04. The minimum absolute atomic E-state index is 0.00493. The van der Waals surface area contributed by atoms with Crippen molar-refractivity contribution >= 4 is 0 Å². The molecule has 0 aromatic heterocycles. The van der Waals surface area contributed by atoms with Crippen molar-refractivity contribution in [3.05, 3.63) is 24.3 Å². The molecule has 10 unspecified atom stereocenters. The second-order valence-corrected chi connectivity index (χ2v) is 14.2. The van der Waals surface area contributed by atoms with Gasteiger partial charge in [-0.1, -0.05) is 58.9 Å². The molecule has 2 N–H and O–H groups in total. The molecule has 32 heavy (non-hydrogen) atoms. The summed E-state index contributed by atoms with van der Waals surface area (Å²) in [6.45, 7) is 19.4. The van der Waals surface area contributed by atoms with E-state index < -0.39 is 0 Å². The maximum Gasteiger partial charge on any atom is 0.0594 e. The monoisotopic (exact) mass is 440 g/mol. The van der Waals surface area contributed by atoms with E-state index in [-0.39, 0.29) is 33.2 Å². The van der Waals surface area contributed by atoms with Gasteiger partial charge in [-0.15, -0.1) is 0 Å². The van der Waals surface area contributed by atoms with Crippen LogP contribution in [0.3, 0.4) is 0 Å². The van der Waals surface area contributed by atoms with Crippen molar-refractivity contribution in [2.45, 2.75) is 99.0 Å². The number of allylic oxidation sites excluding steroid dienone is 3. The van der Waals surface area contributed by atoms with Gasteiger partial charge in [-0.05, 0) is 115 Å². The first-order valence-electron chi connectivity index (χ1n) is 13.5. The molecule has 5 rings (SSSR count). The molecule has 5 aliphatic carbocycles. The van der Waals surface area contributed by atoms with Crippen LogP contribution in [0.25, 0.3) is 0 Å². The molecule has 10 atom stereocenters. The van der Waals surface area contributed by atoms with E-state index in [1.165, 1.54) is 37.7 Å². The summed E-state index contributed by atoms with van der Waals surface area (Å²) >= 11 is 0. The van der Waals surface area contributed by atoms with Crippen LogP contribution < -0.4 is 0 Å². The van der Waals surface area contributed by atoms with Crippen molar-refractivity contribution in [3.8, 4) is 0 Å². The molecule has 5 aliphatic rings. The van der Waals surface area contributed by atoms with Gasteiger partial charge in [-0.2, -0.15) is 0 Å². The van der Waals surface area contributed by atoms with Crippen molar-refractivity contribution in [1.82, 2.24) is 0 Å². The summed E-state index contributed by atoms with van der Waals surface area (Å²) in [6, 6.07) is 0. The highest BCUT2D eigenvalue weighted by Crippen LogP contribution is 2.75. The summed E-state index contributed by atoms with van der Waals surface area (Å²) in [4.78, 5) is 0. The third-order valence-electron chi connectivity index (χ3n) is 13.0. The van der Waals surface area contributed by atoms with E-state index in [0.29, 0.717) is 36.2 Å². The summed E-state index contributed by atoms with van der Waals surface area (Å²) in [5.74, 6) is 2.78. The zero-order valence-electron chi connectivity index (χ0n) is 21.6. The Hall–Kier alpha value is -0.600. The molecule has 180 valence electrons. The number of aliphatic hydroxyl groups is 2. The van der Waals surface area contributed by atoms with Gasteiger partial charge in [0.2, 0.25) is 0 Å². The average Bonchev–Trinajstić information content (AvgIpc) is 3.12. The van der Waals surface area contributed by atoms with Crippen LogP contribution in [0.5, 0.6) is 0 Å². The fourth-order valence-corrected chi connectivity index (χ4v) is 10.8. The minimum Gasteiger partial charge on any atom is -0.396 e. The summed E-state index contributed by atoms with van der Waals surface area (Å²) in [5.41, 5.74) is 2.22. The molecule has 0 amide bonds. The Morgan fingerprint density at radius 3 is 2.28 bits per heavy atom. The van der Waals surface area contributed by atoms with Gasteiger partial charge in [0.05, 0.1) is 6.10 Å². The van der Waals surface area contributed by atoms with E-state index in [1.54, 1.807) is 0 Å². The fraction of sp³-hybridized carbons (Fsp3) is 0.867. The van der Waals surface area contributed by atoms with Gasteiger partial charge in [-0.3, -0.25) is 0 Å². The van der Waals surface area contributed by atoms with Crippen molar-refractivity contribution in [3.63, 3.8) is 0 Å². The molecule has 0 heterocycles. The molecule has 4 saturated carbocycles. The lowest BCUT2D eigenvalue weighted by atomic mass is 9.33. The van der Waals surface area contributed by atoms with Gasteiger partial charge in [0, 0.05) is 6.61 Å². The Bertz CT molecular complexity index is 827. The lowest BCUT2D eigenvalue weighted by molar-refractivity contribution is -0.213. The Labute approximate surface area is 197 Å². The topological polar surface area (TPSA) is 40.5 Å². The van der Waals surface area contributed by atoms with Crippen molar-refractivity contribution in [1.29, 1.82) is 0 Å². The molecule has 0 aliphatic heterocycles. The first-order chi connectivity index (χ1) is 14.9. The molecule has 2 nitrogen and oxygen atoms in total. The second-order valence-electron chi connectivity index (χ2n) is 14.2. The third kappa shape index (κ3) is 2.61. The number of aliphatic hydroxyl groups excluding tert-OH is 2. The molecular formula is C30H48O2. The zero-order valence-corrected chi connectivity index (χ0v) is 21.6. The zero-order chi connectivity index (χ0) is 23.3. The molecule has 0 radical (unpaired) electrons. The maximum atomic E-state index is 10.9. The normalized spacial score (nSPS) is 56.0. The van der Waals surface area contributed by atoms with Crippen LogP contribution in [0.1, 0.15) is 92.9 Å². The molecular weight excluding hydrogens is 392 g/mol. The van der Waals surface area contributed by atoms with Gasteiger partial charge in [0.25, 0.3) is 0 Å². The van der Waals surface area contributed by atoms with E-state index in [2.05, 4.69) is 60.3 Å². The summed E-state index contributed by atoms with van der Waals surface area (Å²) in [6.07, 6.45) is 14.5. The Morgan fingerprint density at radius 2 is 1.62 bits per heavy atom. The van der Waals surface area contributed by atoms with Crippen LogP contribution >= 0.6 is 0 Å². The molecule has 2 heteroatoms. The third-order valence-corrected chi connectivity index (χ3v) is 13.0. The number of fused-ring (bicyclic) bond motifs is 7. The predicted octanol–water partition coefficient (Wildman–Crippen LogP) is 6.77. The highest BCUT2D eigenvalue weighted by atomic mass is 16.3. The first kappa shape index (κ1) is 23.2. The van der Waals surface area contributed by atoms with E-state index in [0.717, 1.165) is 19.3 Å². The van der Waals surface area contributed by atoms with Crippen LogP contribution in [0.2, 0.25) is 0 Å². The maximum absolute atomic E-state index is 10.9. The van der Waals surface area contributed by atoms with Crippen LogP contribution in [0.4, 0.5) is 0 Å². The van der Waals surface area contributed by atoms with Crippen molar-refractivity contribution in [2.75, 3.05) is 6.61 Å². The number of hydrogen-bond acceptors (Lipinski definition) is 2. The SMILES string of the molecule is C=C(C)C1CCC2(CO)CCC3(C)C(C=CC4C5(C)CCC(O)C(C)(C)C5CCC43C)C12. The van der Waals surface area contributed by atoms with Gasteiger partial charge in [0.1, 0.15) is 0 Å². The molecule has 0 aromatic rings. The summed E-state index contributed by atoms with van der Waals surface area (Å²) in [7, 11) is 0. The molecule has 0 spiro atoms. The van der Waals surface area contributed by atoms with Crippen molar-refractivity contribution < 1.29 is 10.2 Å². The van der Waals surface area contributed by atoms with E-state index in [9.17, 15) is 10.2 Å². The van der Waals surface area contributed by atoms with E-state index >= 15 is 0 Å². The molecule has 0 bridgehead atoms. The van der Waals surface area contributed by atoms with Gasteiger partial charge >= 0.3 is 0 Å². The Balaban J connectivity index is 1.60. The smallest absolute Gasteiger partial charge is 0.0594 e. The van der Waals surface area contributed by atoms with E-state index in [4.69, 9.17) is 0 Å². The van der Waals surface area contributed by atoms with Crippen LogP contribution in [-0.4, -0.2) is 22.9 Å². The van der Waals surface area contributed by atoms with Crippen LogP contribution in [0.15, 0.2) is 24.3 Å². The van der Waals surface area contributed by atoms with E-state index in [1.807, 2.05) is 0 Å². The lowest BCUT2D eigenvalue weighted by Crippen LogP contribution is -2.65.